The van der Waals surface area contributed by atoms with Gasteiger partial charge in [0.2, 0.25) is 11.8 Å². The molecule has 186 valence electrons. The maximum absolute atomic E-state index is 14.5. The molecule has 1 atom stereocenters. The van der Waals surface area contributed by atoms with Gasteiger partial charge in [-0.25, -0.2) is 14.4 Å². The van der Waals surface area contributed by atoms with Crippen LogP contribution >= 0.6 is 0 Å². The van der Waals surface area contributed by atoms with Crippen molar-refractivity contribution in [2.75, 3.05) is 32.0 Å². The van der Waals surface area contributed by atoms with Gasteiger partial charge >= 0.3 is 6.18 Å². The number of likely N-dealkylation sites (tertiary alicyclic amines) is 1. The maximum atomic E-state index is 14.5. The third-order valence-corrected chi connectivity index (χ3v) is 5.53. The van der Waals surface area contributed by atoms with E-state index in [1.54, 1.807) is 18.3 Å². The summed E-state index contributed by atoms with van der Waals surface area (Å²) in [7, 11) is 0. The van der Waals surface area contributed by atoms with Gasteiger partial charge in [0.05, 0.1) is 24.5 Å². The van der Waals surface area contributed by atoms with Crippen molar-refractivity contribution in [1.29, 1.82) is 0 Å². The van der Waals surface area contributed by atoms with Crippen LogP contribution in [0.15, 0.2) is 48.8 Å². The molecule has 0 amide bonds. The second kappa shape index (κ2) is 10.9. The molecule has 3 aromatic rings. The van der Waals surface area contributed by atoms with Crippen molar-refractivity contribution >= 4 is 5.69 Å². The summed E-state index contributed by atoms with van der Waals surface area (Å²) in [5, 5.41) is 0. The minimum absolute atomic E-state index is 0.000295. The number of nitrogens with two attached hydrogens (primary N) is 1. The predicted octanol–water partition coefficient (Wildman–Crippen LogP) is 4.49. The molecule has 0 aliphatic carbocycles. The third-order valence-electron chi connectivity index (χ3n) is 5.53. The average molecular weight is 491 g/mol. The topological polar surface area (TPSA) is 86.4 Å². The van der Waals surface area contributed by atoms with Gasteiger partial charge in [0, 0.05) is 36.5 Å². The van der Waals surface area contributed by atoms with E-state index < -0.39 is 18.5 Å². The van der Waals surface area contributed by atoms with Crippen molar-refractivity contribution in [3.05, 3.63) is 60.3 Å². The first-order chi connectivity index (χ1) is 16.8. The second-order valence-electron chi connectivity index (χ2n) is 8.38. The highest BCUT2D eigenvalue weighted by Gasteiger charge is 2.33. The molecule has 3 aromatic heterocycles. The van der Waals surface area contributed by atoms with Gasteiger partial charge in [-0.15, -0.1) is 0 Å². The molecule has 1 saturated heterocycles. The lowest BCUT2D eigenvalue weighted by Gasteiger charge is -2.32. The fourth-order valence-electron chi connectivity index (χ4n) is 3.94. The normalized spacial score (nSPS) is 16.7. The summed E-state index contributed by atoms with van der Waals surface area (Å²) in [6.07, 6.45) is 0.226. The lowest BCUT2D eigenvalue weighted by atomic mass is 9.99. The van der Waals surface area contributed by atoms with E-state index in [0.29, 0.717) is 24.2 Å². The van der Waals surface area contributed by atoms with Crippen LogP contribution in [0.2, 0.25) is 0 Å². The van der Waals surface area contributed by atoms with Crippen molar-refractivity contribution in [3.8, 4) is 23.0 Å². The zero-order valence-corrected chi connectivity index (χ0v) is 18.8. The summed E-state index contributed by atoms with van der Waals surface area (Å²) in [4.78, 5) is 14.0. The van der Waals surface area contributed by atoms with E-state index in [4.69, 9.17) is 15.2 Å². The highest BCUT2D eigenvalue weighted by Crippen LogP contribution is 2.29. The number of aromatic nitrogens is 3. The first-order valence-electron chi connectivity index (χ1n) is 11.1. The van der Waals surface area contributed by atoms with Crippen LogP contribution in [-0.4, -0.2) is 52.3 Å². The number of piperidine rings is 1. The van der Waals surface area contributed by atoms with E-state index in [2.05, 4.69) is 15.0 Å². The summed E-state index contributed by atoms with van der Waals surface area (Å²) in [6, 6.07) is 9.54. The van der Waals surface area contributed by atoms with E-state index in [1.807, 2.05) is 6.07 Å². The summed E-state index contributed by atoms with van der Waals surface area (Å²) in [5.41, 5.74) is 7.30. The molecule has 0 saturated carbocycles. The Kier molecular flexibility index (Phi) is 7.64. The molecule has 1 unspecified atom stereocenters. The van der Waals surface area contributed by atoms with Gasteiger partial charge in [0.15, 0.2) is 0 Å². The summed E-state index contributed by atoms with van der Waals surface area (Å²) in [5.74, 6) is -0.305. The van der Waals surface area contributed by atoms with Gasteiger partial charge in [-0.2, -0.15) is 13.2 Å². The van der Waals surface area contributed by atoms with Gasteiger partial charge in [0.25, 0.3) is 0 Å². The molecule has 35 heavy (non-hydrogen) atoms. The van der Waals surface area contributed by atoms with Gasteiger partial charge < -0.3 is 15.2 Å². The quantitative estimate of drug-likeness (QED) is 0.465. The average Bonchev–Trinajstić information content (AvgIpc) is 2.82. The first kappa shape index (κ1) is 24.6. The second-order valence-corrected chi connectivity index (χ2v) is 8.38. The molecule has 4 heterocycles. The van der Waals surface area contributed by atoms with E-state index in [0.717, 1.165) is 6.42 Å². The van der Waals surface area contributed by atoms with Crippen molar-refractivity contribution in [1.82, 2.24) is 19.9 Å². The van der Waals surface area contributed by atoms with E-state index >= 15 is 0 Å². The molecule has 11 heteroatoms. The van der Waals surface area contributed by atoms with Gasteiger partial charge in [-0.3, -0.25) is 9.88 Å². The molecule has 0 spiro atoms. The Morgan fingerprint density at radius 1 is 1.11 bits per heavy atom. The lowest BCUT2D eigenvalue weighted by molar-refractivity contribution is -0.149. The Hall–Kier alpha value is -3.47. The first-order valence-corrected chi connectivity index (χ1v) is 11.1. The molecule has 1 aliphatic rings. The Balaban J connectivity index is 1.39. The number of ether oxygens (including phenoxy) is 2. The zero-order valence-electron chi connectivity index (χ0n) is 18.8. The van der Waals surface area contributed by atoms with Crippen molar-refractivity contribution in [2.45, 2.75) is 25.6 Å². The molecule has 2 N–H and O–H groups in total. The SMILES string of the molecule is Nc1cc(-c2nc(OCC3CCCN(CC(F)(F)F)C3)ccc2F)cnc1OCc1ccccn1. The molecule has 0 radical (unpaired) electrons. The van der Waals surface area contributed by atoms with Crippen LogP contribution < -0.4 is 15.2 Å². The van der Waals surface area contributed by atoms with E-state index in [9.17, 15) is 17.6 Å². The Bertz CT molecular complexity index is 1130. The molecule has 0 aromatic carbocycles. The highest BCUT2D eigenvalue weighted by molar-refractivity contribution is 5.66. The van der Waals surface area contributed by atoms with Gasteiger partial charge in [-0.1, -0.05) is 6.07 Å². The fourth-order valence-corrected chi connectivity index (χ4v) is 3.94. The van der Waals surface area contributed by atoms with Gasteiger partial charge in [0.1, 0.15) is 18.1 Å². The number of anilines is 1. The molecule has 1 aliphatic heterocycles. The smallest absolute Gasteiger partial charge is 0.401 e. The minimum Gasteiger partial charge on any atom is -0.477 e. The largest absolute Gasteiger partial charge is 0.477 e. The Morgan fingerprint density at radius 2 is 1.97 bits per heavy atom. The molecular formula is C24H25F4N5O2. The number of hydrogen-bond acceptors (Lipinski definition) is 7. The number of nitrogen functional groups attached to an aromatic ring is 1. The van der Waals surface area contributed by atoms with E-state index in [1.165, 1.54) is 29.3 Å². The summed E-state index contributed by atoms with van der Waals surface area (Å²) in [6.45, 7) is 0.124. The fraction of sp³-hybridized carbons (Fsp3) is 0.375. The van der Waals surface area contributed by atoms with Gasteiger partial charge in [-0.05, 0) is 43.7 Å². The number of rotatable bonds is 8. The summed E-state index contributed by atoms with van der Waals surface area (Å²) >= 11 is 0. The van der Waals surface area contributed by atoms with Crippen LogP contribution in [0, 0.1) is 11.7 Å². The molecule has 4 rings (SSSR count). The number of halogens is 4. The summed E-state index contributed by atoms with van der Waals surface area (Å²) < 4.78 is 63.9. The van der Waals surface area contributed by atoms with Crippen LogP contribution in [0.1, 0.15) is 18.5 Å². The molecule has 1 fully saturated rings. The van der Waals surface area contributed by atoms with Crippen LogP contribution in [-0.2, 0) is 6.61 Å². The highest BCUT2D eigenvalue weighted by atomic mass is 19.4. The molecular weight excluding hydrogens is 466 g/mol. The van der Waals surface area contributed by atoms with Crippen LogP contribution in [0.3, 0.4) is 0 Å². The number of alkyl halides is 3. The maximum Gasteiger partial charge on any atom is 0.401 e. The van der Waals surface area contributed by atoms with Crippen molar-refractivity contribution in [2.24, 2.45) is 5.92 Å². The minimum atomic E-state index is -4.23. The third kappa shape index (κ3) is 7.01. The lowest BCUT2D eigenvalue weighted by Crippen LogP contribution is -2.42. The van der Waals surface area contributed by atoms with Crippen LogP contribution in [0.25, 0.3) is 11.3 Å². The Morgan fingerprint density at radius 3 is 2.71 bits per heavy atom. The number of pyridine rings is 3. The molecule has 7 nitrogen and oxygen atoms in total. The van der Waals surface area contributed by atoms with Crippen molar-refractivity contribution < 1.29 is 27.0 Å². The van der Waals surface area contributed by atoms with E-state index in [-0.39, 0.29) is 48.8 Å². The number of hydrogen-bond donors (Lipinski definition) is 1. The zero-order chi connectivity index (χ0) is 24.8. The van der Waals surface area contributed by atoms with Crippen molar-refractivity contribution in [3.63, 3.8) is 0 Å². The standard InChI is InChI=1S/C24H25F4N5O2/c25-19-6-7-21(34-13-16-4-3-9-33(12-16)15-24(26,27)28)32-22(19)17-10-20(29)23(31-11-17)35-14-18-5-1-2-8-30-18/h1-2,5-8,10-11,16H,3-4,9,12-15,29H2. The predicted molar refractivity (Wildman–Crippen MR) is 121 cm³/mol. The number of nitrogens with zero attached hydrogens (tertiary/aromatic N) is 4. The Labute approximate surface area is 199 Å². The van der Waals surface area contributed by atoms with Crippen LogP contribution in [0.4, 0.5) is 23.2 Å². The molecule has 0 bridgehead atoms. The monoisotopic (exact) mass is 491 g/mol. The van der Waals surface area contributed by atoms with Crippen LogP contribution in [0.5, 0.6) is 11.8 Å².